The molecule has 160 valence electrons. The van der Waals surface area contributed by atoms with E-state index in [9.17, 15) is 9.18 Å². The van der Waals surface area contributed by atoms with Crippen LogP contribution in [-0.4, -0.2) is 56.7 Å². The predicted octanol–water partition coefficient (Wildman–Crippen LogP) is 0.309. The summed E-state index contributed by atoms with van der Waals surface area (Å²) < 4.78 is 19.3. The van der Waals surface area contributed by atoms with Gasteiger partial charge in [-0.2, -0.15) is 0 Å². The number of quaternary nitrogens is 2. The van der Waals surface area contributed by atoms with Crippen molar-refractivity contribution in [2.75, 3.05) is 39.8 Å². The standard InChI is InChI=1S/C24H30FN3O2/c1-30-22-10-6-19(7-11-22)16-26-12-14-27(15-13-26)18-24(29)28(21-8-9-21)17-20-4-2-3-5-23(20)25/h2-7,10-11,21H,8-9,12-18H2,1H3/p+2. The van der Waals surface area contributed by atoms with Crippen LogP contribution < -0.4 is 14.5 Å². The third-order valence-corrected chi connectivity index (χ3v) is 6.29. The number of halogens is 1. The Morgan fingerprint density at radius 2 is 1.70 bits per heavy atom. The summed E-state index contributed by atoms with van der Waals surface area (Å²) in [6, 6.07) is 15.4. The predicted molar refractivity (Wildman–Crippen MR) is 113 cm³/mol. The molecule has 1 saturated heterocycles. The number of nitrogens with one attached hydrogen (secondary N) is 2. The second-order valence-electron chi connectivity index (χ2n) is 8.55. The number of ether oxygens (including phenoxy) is 1. The molecule has 1 saturated carbocycles. The minimum Gasteiger partial charge on any atom is -0.497 e. The monoisotopic (exact) mass is 413 g/mol. The largest absolute Gasteiger partial charge is 0.497 e. The van der Waals surface area contributed by atoms with E-state index in [1.54, 1.807) is 24.1 Å². The van der Waals surface area contributed by atoms with Gasteiger partial charge in [0.1, 0.15) is 44.3 Å². The van der Waals surface area contributed by atoms with E-state index >= 15 is 0 Å². The molecule has 1 aliphatic carbocycles. The number of nitrogens with zero attached hydrogens (tertiary/aromatic N) is 1. The van der Waals surface area contributed by atoms with Gasteiger partial charge in [0.15, 0.2) is 6.54 Å². The van der Waals surface area contributed by atoms with Crippen LogP contribution in [0, 0.1) is 5.82 Å². The first-order valence-corrected chi connectivity index (χ1v) is 11.0. The Morgan fingerprint density at radius 1 is 1.03 bits per heavy atom. The minimum absolute atomic E-state index is 0.161. The summed E-state index contributed by atoms with van der Waals surface area (Å²) in [5.41, 5.74) is 1.93. The van der Waals surface area contributed by atoms with Crippen LogP contribution >= 0.6 is 0 Å². The zero-order chi connectivity index (χ0) is 20.9. The van der Waals surface area contributed by atoms with Gasteiger partial charge in [0.05, 0.1) is 7.11 Å². The number of carbonyl (C=O) groups is 1. The van der Waals surface area contributed by atoms with Gasteiger partial charge >= 0.3 is 0 Å². The normalized spacial score (nSPS) is 21.3. The number of benzene rings is 2. The second-order valence-corrected chi connectivity index (χ2v) is 8.55. The number of hydrogen-bond donors (Lipinski definition) is 2. The van der Waals surface area contributed by atoms with E-state index < -0.39 is 0 Å². The molecule has 2 fully saturated rings. The van der Waals surface area contributed by atoms with Gasteiger partial charge in [-0.05, 0) is 43.2 Å². The van der Waals surface area contributed by atoms with E-state index in [2.05, 4.69) is 12.1 Å². The molecule has 2 N–H and O–H groups in total. The van der Waals surface area contributed by atoms with Gasteiger partial charge in [-0.3, -0.25) is 4.79 Å². The zero-order valence-corrected chi connectivity index (χ0v) is 17.7. The molecule has 6 heteroatoms. The van der Waals surface area contributed by atoms with Crippen molar-refractivity contribution in [2.45, 2.75) is 32.0 Å². The SMILES string of the molecule is COc1ccc(C[NH+]2CC[NH+](CC(=O)N(Cc3ccccc3F)C3CC3)CC2)cc1. The topological polar surface area (TPSA) is 38.4 Å². The number of carbonyl (C=O) groups excluding carboxylic acids is 1. The first-order valence-electron chi connectivity index (χ1n) is 11.0. The fourth-order valence-corrected chi connectivity index (χ4v) is 4.28. The lowest BCUT2D eigenvalue weighted by Crippen LogP contribution is -3.28. The Bertz CT molecular complexity index is 846. The van der Waals surface area contributed by atoms with Crippen molar-refractivity contribution in [1.82, 2.24) is 4.90 Å². The van der Waals surface area contributed by atoms with Crippen LogP contribution in [-0.2, 0) is 17.9 Å². The van der Waals surface area contributed by atoms with Gasteiger partial charge in [0.25, 0.3) is 5.91 Å². The molecule has 2 aromatic rings. The zero-order valence-electron chi connectivity index (χ0n) is 17.7. The lowest BCUT2D eigenvalue weighted by atomic mass is 10.2. The lowest BCUT2D eigenvalue weighted by molar-refractivity contribution is -1.02. The van der Waals surface area contributed by atoms with E-state index in [1.165, 1.54) is 16.5 Å². The number of rotatable bonds is 8. The average molecular weight is 414 g/mol. The van der Waals surface area contributed by atoms with Crippen molar-refractivity contribution in [1.29, 1.82) is 0 Å². The molecule has 2 aliphatic rings. The number of piperazine rings is 1. The molecule has 1 amide bonds. The molecule has 0 radical (unpaired) electrons. The highest BCUT2D eigenvalue weighted by molar-refractivity contribution is 5.77. The van der Waals surface area contributed by atoms with Gasteiger partial charge in [0, 0.05) is 23.7 Å². The number of methoxy groups -OCH3 is 1. The van der Waals surface area contributed by atoms with Gasteiger partial charge in [-0.1, -0.05) is 18.2 Å². The number of amides is 1. The van der Waals surface area contributed by atoms with Crippen molar-refractivity contribution < 1.29 is 23.7 Å². The maximum absolute atomic E-state index is 14.1. The maximum atomic E-state index is 14.1. The summed E-state index contributed by atoms with van der Waals surface area (Å²) in [7, 11) is 1.68. The van der Waals surface area contributed by atoms with Crippen molar-refractivity contribution >= 4 is 5.91 Å². The Kier molecular flexibility index (Phi) is 6.65. The Balaban J connectivity index is 1.27. The first-order chi connectivity index (χ1) is 14.6. The summed E-state index contributed by atoms with van der Waals surface area (Å²) in [6.07, 6.45) is 2.07. The van der Waals surface area contributed by atoms with Crippen LogP contribution in [0.5, 0.6) is 5.75 Å². The summed E-state index contributed by atoms with van der Waals surface area (Å²) in [6.45, 7) is 6.02. The Morgan fingerprint density at radius 3 is 2.33 bits per heavy atom. The number of hydrogen-bond acceptors (Lipinski definition) is 2. The summed E-state index contributed by atoms with van der Waals surface area (Å²) in [5, 5.41) is 0. The highest BCUT2D eigenvalue weighted by Crippen LogP contribution is 2.28. The Labute approximate surface area is 178 Å². The summed E-state index contributed by atoms with van der Waals surface area (Å²) >= 11 is 0. The lowest BCUT2D eigenvalue weighted by Gasteiger charge is -2.31. The molecular weight excluding hydrogens is 381 g/mol. The van der Waals surface area contributed by atoms with E-state index in [4.69, 9.17) is 4.74 Å². The van der Waals surface area contributed by atoms with Crippen molar-refractivity contribution in [3.8, 4) is 5.75 Å². The molecule has 1 heterocycles. The average Bonchev–Trinajstić information content (AvgIpc) is 3.60. The minimum atomic E-state index is -0.223. The molecule has 4 rings (SSSR count). The molecule has 5 nitrogen and oxygen atoms in total. The molecule has 2 aromatic carbocycles. The van der Waals surface area contributed by atoms with Gasteiger partial charge in [-0.15, -0.1) is 0 Å². The van der Waals surface area contributed by atoms with Crippen LogP contribution in [0.3, 0.4) is 0 Å². The highest BCUT2D eigenvalue weighted by Gasteiger charge is 2.35. The fourth-order valence-electron chi connectivity index (χ4n) is 4.28. The molecule has 0 unspecified atom stereocenters. The molecule has 30 heavy (non-hydrogen) atoms. The van der Waals surface area contributed by atoms with Crippen molar-refractivity contribution in [3.63, 3.8) is 0 Å². The Hall–Kier alpha value is -2.44. The van der Waals surface area contributed by atoms with Crippen molar-refractivity contribution in [2.24, 2.45) is 0 Å². The second kappa shape index (κ2) is 9.58. The maximum Gasteiger partial charge on any atom is 0.278 e. The van der Waals surface area contributed by atoms with E-state index in [-0.39, 0.29) is 11.7 Å². The summed E-state index contributed by atoms with van der Waals surface area (Å²) in [5.74, 6) is 0.825. The van der Waals surface area contributed by atoms with Crippen molar-refractivity contribution in [3.05, 3.63) is 65.5 Å². The van der Waals surface area contributed by atoms with Gasteiger partial charge in [-0.25, -0.2) is 4.39 Å². The first kappa shape index (κ1) is 20.8. The van der Waals surface area contributed by atoms with Crippen LogP contribution in [0.2, 0.25) is 0 Å². The van der Waals surface area contributed by atoms with Crippen LogP contribution in [0.25, 0.3) is 0 Å². The molecule has 0 atom stereocenters. The molecule has 0 spiro atoms. The third kappa shape index (κ3) is 5.37. The van der Waals surface area contributed by atoms with Gasteiger partial charge in [0.2, 0.25) is 0 Å². The van der Waals surface area contributed by atoms with Crippen LogP contribution in [0.4, 0.5) is 4.39 Å². The van der Waals surface area contributed by atoms with Gasteiger partial charge < -0.3 is 19.4 Å². The highest BCUT2D eigenvalue weighted by atomic mass is 19.1. The molecule has 0 bridgehead atoms. The van der Waals surface area contributed by atoms with E-state index in [0.29, 0.717) is 24.7 Å². The fraction of sp³-hybridized carbons (Fsp3) is 0.458. The quantitative estimate of drug-likeness (QED) is 0.654. The summed E-state index contributed by atoms with van der Waals surface area (Å²) in [4.78, 5) is 17.8. The smallest absolute Gasteiger partial charge is 0.278 e. The molecule has 1 aliphatic heterocycles. The molecular formula is C24H32FN3O2+2. The van der Waals surface area contributed by atoms with Crippen LogP contribution in [0.15, 0.2) is 48.5 Å². The molecule has 0 aromatic heterocycles. The van der Waals surface area contributed by atoms with E-state index in [0.717, 1.165) is 51.3 Å². The third-order valence-electron chi connectivity index (χ3n) is 6.29. The van der Waals surface area contributed by atoms with Crippen LogP contribution in [0.1, 0.15) is 24.0 Å². The van der Waals surface area contributed by atoms with E-state index in [1.807, 2.05) is 23.1 Å².